The third-order valence-electron chi connectivity index (χ3n) is 3.85. The van der Waals surface area contributed by atoms with Crippen LogP contribution >= 0.6 is 0 Å². The molecule has 1 aliphatic rings. The molecule has 0 bridgehead atoms. The van der Waals surface area contributed by atoms with Crippen molar-refractivity contribution in [3.05, 3.63) is 59.4 Å². The Morgan fingerprint density at radius 3 is 2.95 bits per heavy atom. The van der Waals surface area contributed by atoms with Gasteiger partial charge in [0.1, 0.15) is 0 Å². The molecule has 0 saturated carbocycles. The van der Waals surface area contributed by atoms with Crippen molar-refractivity contribution < 1.29 is 0 Å². The third-order valence-corrected chi connectivity index (χ3v) is 3.85. The third kappa shape index (κ3) is 2.22. The van der Waals surface area contributed by atoms with Crippen LogP contribution in [-0.4, -0.2) is 18.1 Å². The Kier molecular flexibility index (Phi) is 3.22. The number of aromatic nitrogens is 1. The number of benzene rings is 1. The zero-order valence-corrected chi connectivity index (χ0v) is 11.2. The van der Waals surface area contributed by atoms with E-state index < -0.39 is 0 Å². The van der Waals surface area contributed by atoms with Gasteiger partial charge in [-0.15, -0.1) is 0 Å². The van der Waals surface area contributed by atoms with E-state index in [1.165, 1.54) is 16.8 Å². The quantitative estimate of drug-likeness (QED) is 0.894. The van der Waals surface area contributed by atoms with E-state index in [4.69, 9.17) is 5.73 Å². The van der Waals surface area contributed by atoms with E-state index in [-0.39, 0.29) is 6.04 Å². The summed E-state index contributed by atoms with van der Waals surface area (Å²) < 4.78 is 0. The summed E-state index contributed by atoms with van der Waals surface area (Å²) in [4.78, 5) is 6.67. The van der Waals surface area contributed by atoms with Crippen molar-refractivity contribution in [3.8, 4) is 0 Å². The van der Waals surface area contributed by atoms with Gasteiger partial charge in [-0.1, -0.05) is 24.3 Å². The number of hydrogen-bond donors (Lipinski definition) is 1. The molecule has 1 aromatic carbocycles. The first-order valence-electron chi connectivity index (χ1n) is 6.77. The number of nitrogens with zero attached hydrogens (tertiary/aromatic N) is 2. The SMILES string of the molecule is Cc1cc(N2CCc3ccccc3C2CN)ccn1. The number of fused-ring (bicyclic) bond motifs is 1. The molecule has 2 heterocycles. The topological polar surface area (TPSA) is 42.1 Å². The van der Waals surface area contributed by atoms with Gasteiger partial charge in [0, 0.05) is 30.7 Å². The van der Waals surface area contributed by atoms with E-state index >= 15 is 0 Å². The maximum absolute atomic E-state index is 6.03. The van der Waals surface area contributed by atoms with E-state index in [2.05, 4.69) is 46.3 Å². The first-order valence-corrected chi connectivity index (χ1v) is 6.77. The van der Waals surface area contributed by atoms with Gasteiger partial charge in [0.2, 0.25) is 0 Å². The molecule has 2 aromatic rings. The van der Waals surface area contributed by atoms with Gasteiger partial charge in [-0.25, -0.2) is 0 Å². The summed E-state index contributed by atoms with van der Waals surface area (Å²) in [7, 11) is 0. The predicted octanol–water partition coefficient (Wildman–Crippen LogP) is 2.45. The van der Waals surface area contributed by atoms with Gasteiger partial charge in [-0.3, -0.25) is 4.98 Å². The molecule has 98 valence electrons. The van der Waals surface area contributed by atoms with Crippen molar-refractivity contribution in [2.24, 2.45) is 5.73 Å². The molecule has 3 nitrogen and oxygen atoms in total. The zero-order chi connectivity index (χ0) is 13.2. The number of hydrogen-bond acceptors (Lipinski definition) is 3. The first-order chi connectivity index (χ1) is 9.29. The van der Waals surface area contributed by atoms with Crippen LogP contribution in [0.3, 0.4) is 0 Å². The Bertz CT molecular complexity index is 580. The van der Waals surface area contributed by atoms with Crippen molar-refractivity contribution in [1.82, 2.24) is 4.98 Å². The van der Waals surface area contributed by atoms with Crippen molar-refractivity contribution in [2.45, 2.75) is 19.4 Å². The Balaban J connectivity index is 2.00. The highest BCUT2D eigenvalue weighted by Gasteiger charge is 2.26. The molecule has 3 rings (SSSR count). The van der Waals surface area contributed by atoms with Crippen LogP contribution in [0.4, 0.5) is 5.69 Å². The van der Waals surface area contributed by atoms with E-state index in [1.807, 2.05) is 13.1 Å². The molecule has 3 heteroatoms. The lowest BCUT2D eigenvalue weighted by atomic mass is 9.92. The molecule has 0 amide bonds. The summed E-state index contributed by atoms with van der Waals surface area (Å²) in [6, 6.07) is 13.1. The molecule has 19 heavy (non-hydrogen) atoms. The number of aryl methyl sites for hydroxylation is 1. The monoisotopic (exact) mass is 253 g/mol. The average molecular weight is 253 g/mol. The molecule has 1 atom stereocenters. The van der Waals surface area contributed by atoms with Crippen LogP contribution in [-0.2, 0) is 6.42 Å². The van der Waals surface area contributed by atoms with Gasteiger partial charge in [-0.05, 0) is 36.6 Å². The van der Waals surface area contributed by atoms with Crippen LogP contribution in [0.25, 0.3) is 0 Å². The Morgan fingerprint density at radius 2 is 2.16 bits per heavy atom. The minimum absolute atomic E-state index is 0.270. The summed E-state index contributed by atoms with van der Waals surface area (Å²) >= 11 is 0. The standard InChI is InChI=1S/C16H19N3/c1-12-10-14(6-8-18-12)19-9-7-13-4-2-3-5-15(13)16(19)11-17/h2-6,8,10,16H,7,9,11,17H2,1H3. The number of nitrogens with two attached hydrogens (primary N) is 1. The molecule has 0 spiro atoms. The normalized spacial score (nSPS) is 18.2. The molecule has 0 radical (unpaired) electrons. The minimum Gasteiger partial charge on any atom is -0.363 e. The van der Waals surface area contributed by atoms with Crippen molar-refractivity contribution in [1.29, 1.82) is 0 Å². The van der Waals surface area contributed by atoms with Crippen LogP contribution in [0.5, 0.6) is 0 Å². The van der Waals surface area contributed by atoms with Crippen LogP contribution in [0.15, 0.2) is 42.6 Å². The number of pyridine rings is 1. The summed E-state index contributed by atoms with van der Waals surface area (Å²) in [5.74, 6) is 0. The van der Waals surface area contributed by atoms with Gasteiger partial charge in [0.05, 0.1) is 6.04 Å². The number of anilines is 1. The zero-order valence-electron chi connectivity index (χ0n) is 11.2. The molecule has 1 unspecified atom stereocenters. The fourth-order valence-electron chi connectivity index (χ4n) is 2.92. The van der Waals surface area contributed by atoms with E-state index in [0.29, 0.717) is 6.54 Å². The van der Waals surface area contributed by atoms with Crippen LogP contribution < -0.4 is 10.6 Å². The van der Waals surface area contributed by atoms with Gasteiger partial charge in [0.15, 0.2) is 0 Å². The van der Waals surface area contributed by atoms with Crippen molar-refractivity contribution in [3.63, 3.8) is 0 Å². The van der Waals surface area contributed by atoms with Gasteiger partial charge < -0.3 is 10.6 Å². The Hall–Kier alpha value is -1.87. The van der Waals surface area contributed by atoms with Gasteiger partial charge in [-0.2, -0.15) is 0 Å². The second-order valence-electron chi connectivity index (χ2n) is 5.05. The van der Waals surface area contributed by atoms with Crippen LogP contribution in [0.2, 0.25) is 0 Å². The lowest BCUT2D eigenvalue weighted by Crippen LogP contribution is -2.39. The summed E-state index contributed by atoms with van der Waals surface area (Å²) in [6.45, 7) is 3.68. The molecular weight excluding hydrogens is 234 g/mol. The lowest BCUT2D eigenvalue weighted by Gasteiger charge is -2.38. The van der Waals surface area contributed by atoms with Crippen molar-refractivity contribution in [2.75, 3.05) is 18.0 Å². The second-order valence-corrected chi connectivity index (χ2v) is 5.05. The predicted molar refractivity (Wildman–Crippen MR) is 78.3 cm³/mol. The molecule has 2 N–H and O–H groups in total. The highest BCUT2D eigenvalue weighted by Crippen LogP contribution is 2.32. The van der Waals surface area contributed by atoms with Crippen LogP contribution in [0.1, 0.15) is 22.9 Å². The average Bonchev–Trinajstić information content (AvgIpc) is 2.46. The maximum atomic E-state index is 6.03. The fourth-order valence-corrected chi connectivity index (χ4v) is 2.92. The van der Waals surface area contributed by atoms with E-state index in [1.54, 1.807) is 0 Å². The molecule has 1 aromatic heterocycles. The lowest BCUT2D eigenvalue weighted by molar-refractivity contribution is 0.590. The fraction of sp³-hybridized carbons (Fsp3) is 0.312. The maximum Gasteiger partial charge on any atom is 0.0667 e. The molecule has 0 saturated heterocycles. The molecule has 0 aliphatic carbocycles. The summed E-state index contributed by atoms with van der Waals surface area (Å²) in [6.07, 6.45) is 2.95. The Labute approximate surface area is 114 Å². The molecule has 0 fully saturated rings. The Morgan fingerprint density at radius 1 is 1.32 bits per heavy atom. The highest BCUT2D eigenvalue weighted by atomic mass is 15.2. The largest absolute Gasteiger partial charge is 0.363 e. The molecular formula is C16H19N3. The molecule has 1 aliphatic heterocycles. The number of rotatable bonds is 2. The van der Waals surface area contributed by atoms with Crippen LogP contribution in [0, 0.1) is 6.92 Å². The minimum atomic E-state index is 0.270. The van der Waals surface area contributed by atoms with E-state index in [9.17, 15) is 0 Å². The van der Waals surface area contributed by atoms with Crippen molar-refractivity contribution >= 4 is 5.69 Å². The first kappa shape index (κ1) is 12.2. The van der Waals surface area contributed by atoms with Gasteiger partial charge >= 0.3 is 0 Å². The van der Waals surface area contributed by atoms with E-state index in [0.717, 1.165) is 18.7 Å². The smallest absolute Gasteiger partial charge is 0.0667 e. The van der Waals surface area contributed by atoms with Gasteiger partial charge in [0.25, 0.3) is 0 Å². The second kappa shape index (κ2) is 5.02. The summed E-state index contributed by atoms with van der Waals surface area (Å²) in [5.41, 5.74) is 11.1. The summed E-state index contributed by atoms with van der Waals surface area (Å²) in [5, 5.41) is 0. The highest BCUT2D eigenvalue weighted by molar-refractivity contribution is 5.52.